The van der Waals surface area contributed by atoms with Gasteiger partial charge in [0, 0.05) is 24.2 Å². The topological polar surface area (TPSA) is 67.9 Å². The lowest BCUT2D eigenvalue weighted by Crippen LogP contribution is -2.47. The van der Waals surface area contributed by atoms with Crippen molar-refractivity contribution in [3.8, 4) is 5.75 Å². The number of carbonyl (C=O) groups is 2. The van der Waals surface area contributed by atoms with Crippen LogP contribution >= 0.6 is 23.2 Å². The first-order chi connectivity index (χ1) is 11.5. The number of piperidine rings is 1. The van der Waals surface area contributed by atoms with E-state index in [0.717, 1.165) is 0 Å². The molecular formula is C16H20Cl2N2O4. The van der Waals surface area contributed by atoms with E-state index in [4.69, 9.17) is 32.7 Å². The van der Waals surface area contributed by atoms with Crippen molar-refractivity contribution in [3.63, 3.8) is 0 Å². The zero-order valence-corrected chi connectivity index (χ0v) is 14.9. The van der Waals surface area contributed by atoms with E-state index in [0.29, 0.717) is 48.3 Å². The van der Waals surface area contributed by atoms with Crippen LogP contribution < -0.4 is 10.1 Å². The van der Waals surface area contributed by atoms with Crippen LogP contribution in [0.25, 0.3) is 0 Å². The van der Waals surface area contributed by atoms with Crippen molar-refractivity contribution in [2.24, 2.45) is 0 Å². The smallest absolute Gasteiger partial charge is 0.409 e. The van der Waals surface area contributed by atoms with E-state index in [2.05, 4.69) is 5.32 Å². The van der Waals surface area contributed by atoms with E-state index in [1.54, 1.807) is 30.0 Å². The lowest BCUT2D eigenvalue weighted by molar-refractivity contribution is -0.124. The predicted molar refractivity (Wildman–Crippen MR) is 91.7 cm³/mol. The van der Waals surface area contributed by atoms with Gasteiger partial charge in [-0.25, -0.2) is 4.79 Å². The van der Waals surface area contributed by atoms with Crippen molar-refractivity contribution in [1.82, 2.24) is 10.2 Å². The van der Waals surface area contributed by atoms with Gasteiger partial charge < -0.3 is 19.7 Å². The lowest BCUT2D eigenvalue weighted by atomic mass is 10.1. The average Bonchev–Trinajstić information content (AvgIpc) is 2.55. The van der Waals surface area contributed by atoms with Crippen LogP contribution in [0.5, 0.6) is 5.75 Å². The second kappa shape index (κ2) is 8.99. The van der Waals surface area contributed by atoms with Crippen LogP contribution in [0.4, 0.5) is 4.79 Å². The van der Waals surface area contributed by atoms with E-state index in [9.17, 15) is 9.59 Å². The summed E-state index contributed by atoms with van der Waals surface area (Å²) in [7, 11) is 0. The third kappa shape index (κ3) is 5.46. The second-order valence-electron chi connectivity index (χ2n) is 5.39. The third-order valence-corrected chi connectivity index (χ3v) is 4.17. The number of rotatable bonds is 5. The Balaban J connectivity index is 1.73. The molecule has 0 radical (unpaired) electrons. The first-order valence-electron chi connectivity index (χ1n) is 7.78. The van der Waals surface area contributed by atoms with Gasteiger partial charge in [0.2, 0.25) is 0 Å². The molecule has 6 nitrogen and oxygen atoms in total. The summed E-state index contributed by atoms with van der Waals surface area (Å²) in [5.41, 5.74) is 0. The fraction of sp³-hybridized carbons (Fsp3) is 0.500. The largest absolute Gasteiger partial charge is 0.482 e. The molecule has 0 spiro atoms. The molecule has 1 aromatic carbocycles. The molecule has 132 valence electrons. The molecule has 24 heavy (non-hydrogen) atoms. The van der Waals surface area contributed by atoms with Gasteiger partial charge in [0.05, 0.1) is 11.6 Å². The van der Waals surface area contributed by atoms with Crippen molar-refractivity contribution in [1.29, 1.82) is 0 Å². The molecule has 1 aliphatic heterocycles. The molecule has 0 aromatic heterocycles. The molecular weight excluding hydrogens is 355 g/mol. The highest BCUT2D eigenvalue weighted by Gasteiger charge is 2.24. The molecule has 0 atom stereocenters. The zero-order valence-electron chi connectivity index (χ0n) is 13.4. The minimum absolute atomic E-state index is 0.0208. The monoisotopic (exact) mass is 374 g/mol. The fourth-order valence-corrected chi connectivity index (χ4v) is 2.89. The van der Waals surface area contributed by atoms with Crippen molar-refractivity contribution in [2.45, 2.75) is 25.8 Å². The summed E-state index contributed by atoms with van der Waals surface area (Å²) in [5, 5.41) is 3.76. The maximum absolute atomic E-state index is 12.0. The highest BCUT2D eigenvalue weighted by atomic mass is 35.5. The SMILES string of the molecule is CCOC(=O)N1CCC(NC(=O)COc2ccc(Cl)cc2Cl)CC1. The van der Waals surface area contributed by atoms with Crippen molar-refractivity contribution < 1.29 is 19.1 Å². The van der Waals surface area contributed by atoms with E-state index in [-0.39, 0.29) is 24.6 Å². The lowest BCUT2D eigenvalue weighted by Gasteiger charge is -2.31. The number of nitrogens with zero attached hydrogens (tertiary/aromatic N) is 1. The van der Waals surface area contributed by atoms with Gasteiger partial charge in [0.25, 0.3) is 5.91 Å². The molecule has 8 heteroatoms. The standard InChI is InChI=1S/C16H20Cl2N2O4/c1-2-23-16(22)20-7-5-12(6-8-20)19-15(21)10-24-14-4-3-11(17)9-13(14)18/h3-4,9,12H,2,5-8,10H2,1H3,(H,19,21). The number of ether oxygens (including phenoxy) is 2. The van der Waals surface area contributed by atoms with Crippen LogP contribution in [-0.4, -0.2) is 49.2 Å². The number of nitrogens with one attached hydrogen (secondary N) is 1. The summed E-state index contributed by atoms with van der Waals surface area (Å²) < 4.78 is 10.4. The van der Waals surface area contributed by atoms with Crippen LogP contribution in [0.15, 0.2) is 18.2 Å². The van der Waals surface area contributed by atoms with Gasteiger partial charge in [-0.05, 0) is 38.0 Å². The van der Waals surface area contributed by atoms with E-state index in [1.165, 1.54) is 0 Å². The van der Waals surface area contributed by atoms with Crippen molar-refractivity contribution >= 4 is 35.2 Å². The van der Waals surface area contributed by atoms with Gasteiger partial charge in [-0.15, -0.1) is 0 Å². The number of halogens is 2. The molecule has 1 fully saturated rings. The van der Waals surface area contributed by atoms with E-state index in [1.807, 2.05) is 0 Å². The number of hydrogen-bond donors (Lipinski definition) is 1. The van der Waals surface area contributed by atoms with Gasteiger partial charge in [-0.3, -0.25) is 4.79 Å². The maximum atomic E-state index is 12.0. The average molecular weight is 375 g/mol. The minimum atomic E-state index is -0.303. The molecule has 1 heterocycles. The maximum Gasteiger partial charge on any atom is 0.409 e. The number of carbonyl (C=O) groups excluding carboxylic acids is 2. The Morgan fingerprint density at radius 2 is 2.00 bits per heavy atom. The number of benzene rings is 1. The Kier molecular flexibility index (Phi) is 6.99. The van der Waals surface area contributed by atoms with Gasteiger partial charge in [0.1, 0.15) is 5.75 Å². The van der Waals surface area contributed by atoms with Gasteiger partial charge >= 0.3 is 6.09 Å². The normalized spacial score (nSPS) is 15.0. The number of amides is 2. The summed E-state index contributed by atoms with van der Waals surface area (Å²) in [5.74, 6) is 0.184. The molecule has 1 N–H and O–H groups in total. The molecule has 0 unspecified atom stereocenters. The molecule has 1 saturated heterocycles. The zero-order chi connectivity index (χ0) is 17.5. The van der Waals surface area contributed by atoms with Crippen molar-refractivity contribution in [3.05, 3.63) is 28.2 Å². The Hall–Kier alpha value is -1.66. The first-order valence-corrected chi connectivity index (χ1v) is 8.54. The van der Waals surface area contributed by atoms with E-state index < -0.39 is 0 Å². The molecule has 2 amide bonds. The third-order valence-electron chi connectivity index (χ3n) is 3.64. The van der Waals surface area contributed by atoms with Crippen molar-refractivity contribution in [2.75, 3.05) is 26.3 Å². The summed E-state index contributed by atoms with van der Waals surface area (Å²) in [6.45, 7) is 3.14. The Morgan fingerprint density at radius 3 is 2.62 bits per heavy atom. The molecule has 2 rings (SSSR count). The van der Waals surface area contributed by atoms with Gasteiger partial charge in [-0.1, -0.05) is 23.2 Å². The van der Waals surface area contributed by atoms with Crippen LogP contribution in [0.3, 0.4) is 0 Å². The fourth-order valence-electron chi connectivity index (χ4n) is 2.43. The summed E-state index contributed by atoms with van der Waals surface area (Å²) in [6.07, 6.45) is 1.07. The Bertz CT molecular complexity index is 589. The number of likely N-dealkylation sites (tertiary alicyclic amines) is 1. The van der Waals surface area contributed by atoms with Gasteiger partial charge in [0.15, 0.2) is 6.61 Å². The molecule has 1 aromatic rings. The molecule has 1 aliphatic rings. The van der Waals surface area contributed by atoms with Crippen LogP contribution in [-0.2, 0) is 9.53 Å². The highest BCUT2D eigenvalue weighted by molar-refractivity contribution is 6.35. The Morgan fingerprint density at radius 1 is 1.29 bits per heavy atom. The number of hydrogen-bond acceptors (Lipinski definition) is 4. The Labute approximate surface area is 151 Å². The second-order valence-corrected chi connectivity index (χ2v) is 6.23. The summed E-state index contributed by atoms with van der Waals surface area (Å²) in [4.78, 5) is 25.2. The van der Waals surface area contributed by atoms with Gasteiger partial charge in [-0.2, -0.15) is 0 Å². The molecule has 0 aliphatic carbocycles. The van der Waals surface area contributed by atoms with E-state index >= 15 is 0 Å². The molecule has 0 bridgehead atoms. The summed E-state index contributed by atoms with van der Waals surface area (Å²) >= 11 is 11.8. The minimum Gasteiger partial charge on any atom is -0.482 e. The predicted octanol–water partition coefficient (Wildman–Crippen LogP) is 3.11. The molecule has 0 saturated carbocycles. The quantitative estimate of drug-likeness (QED) is 0.859. The van der Waals surface area contributed by atoms with Crippen LogP contribution in [0.1, 0.15) is 19.8 Å². The first kappa shape index (κ1) is 18.7. The highest BCUT2D eigenvalue weighted by Crippen LogP contribution is 2.27. The summed E-state index contributed by atoms with van der Waals surface area (Å²) in [6, 6.07) is 4.84. The van der Waals surface area contributed by atoms with Crippen LogP contribution in [0, 0.1) is 0 Å². The van der Waals surface area contributed by atoms with Crippen LogP contribution in [0.2, 0.25) is 10.0 Å².